The van der Waals surface area contributed by atoms with Crippen molar-refractivity contribution in [3.63, 3.8) is 0 Å². The smallest absolute Gasteiger partial charge is 0.261 e. The Hall–Kier alpha value is -3.73. The van der Waals surface area contributed by atoms with E-state index in [4.69, 9.17) is 4.74 Å². The maximum Gasteiger partial charge on any atom is 0.261 e. The van der Waals surface area contributed by atoms with Crippen molar-refractivity contribution in [1.29, 1.82) is 0 Å². The van der Waals surface area contributed by atoms with Crippen LogP contribution in [0.5, 0.6) is 11.5 Å². The molecule has 0 saturated carbocycles. The molecule has 35 heavy (non-hydrogen) atoms. The van der Waals surface area contributed by atoms with Gasteiger partial charge in [-0.05, 0) is 51.1 Å². The molecule has 2 heterocycles. The Balaban J connectivity index is 1.97. The molecular formula is C24H24F2N4O4S. The number of halogens is 2. The molecule has 4 aromatic rings. The molecule has 0 amide bonds. The van der Waals surface area contributed by atoms with E-state index in [1.807, 2.05) is 13.8 Å². The summed E-state index contributed by atoms with van der Waals surface area (Å²) in [7, 11) is -2.00. The predicted octanol–water partition coefficient (Wildman–Crippen LogP) is 4.82. The summed E-state index contributed by atoms with van der Waals surface area (Å²) in [4.78, 5) is 12.8. The van der Waals surface area contributed by atoms with Crippen LogP contribution in [0.1, 0.15) is 26.8 Å². The molecule has 0 unspecified atom stereocenters. The van der Waals surface area contributed by atoms with Gasteiger partial charge < -0.3 is 9.30 Å². The number of aromatic nitrogens is 3. The SMILES string of the molecule is CCS(=O)(=O)Nc1ccc(Oc2ccc(F)cc2F)c(-c2cn(C)c(=O)c3cn(C(C)C)nc23)c1. The van der Waals surface area contributed by atoms with E-state index in [0.717, 1.165) is 12.1 Å². The molecular weight excluding hydrogens is 478 g/mol. The monoisotopic (exact) mass is 502 g/mol. The van der Waals surface area contributed by atoms with Crippen LogP contribution in [-0.4, -0.2) is 28.5 Å². The van der Waals surface area contributed by atoms with Gasteiger partial charge >= 0.3 is 0 Å². The van der Waals surface area contributed by atoms with E-state index in [2.05, 4.69) is 9.82 Å². The highest BCUT2D eigenvalue weighted by atomic mass is 32.2. The highest BCUT2D eigenvalue weighted by Gasteiger charge is 2.20. The van der Waals surface area contributed by atoms with Gasteiger partial charge in [0.05, 0.1) is 11.1 Å². The third-order valence-corrected chi connectivity index (χ3v) is 6.73. The highest BCUT2D eigenvalue weighted by molar-refractivity contribution is 7.92. The second-order valence-corrected chi connectivity index (χ2v) is 10.3. The number of rotatable bonds is 7. The number of hydrogen-bond acceptors (Lipinski definition) is 5. The summed E-state index contributed by atoms with van der Waals surface area (Å²) >= 11 is 0. The number of aryl methyl sites for hydroxylation is 1. The number of ether oxygens (including phenoxy) is 1. The first-order valence-electron chi connectivity index (χ1n) is 10.9. The van der Waals surface area contributed by atoms with E-state index in [0.29, 0.717) is 28.1 Å². The molecule has 11 heteroatoms. The normalized spacial score (nSPS) is 11.9. The Morgan fingerprint density at radius 3 is 2.43 bits per heavy atom. The van der Waals surface area contributed by atoms with E-state index >= 15 is 0 Å². The van der Waals surface area contributed by atoms with Gasteiger partial charge in [-0.25, -0.2) is 17.2 Å². The van der Waals surface area contributed by atoms with Crippen LogP contribution in [0.2, 0.25) is 0 Å². The van der Waals surface area contributed by atoms with Crippen LogP contribution in [0.4, 0.5) is 14.5 Å². The average Bonchev–Trinajstić information content (AvgIpc) is 3.25. The maximum atomic E-state index is 14.4. The lowest BCUT2D eigenvalue weighted by atomic mass is 10.0. The lowest BCUT2D eigenvalue weighted by Gasteiger charge is -2.15. The molecule has 1 N–H and O–H groups in total. The number of pyridine rings is 1. The van der Waals surface area contributed by atoms with Crippen LogP contribution in [0.25, 0.3) is 22.0 Å². The van der Waals surface area contributed by atoms with Gasteiger partial charge in [-0.15, -0.1) is 0 Å². The Morgan fingerprint density at radius 2 is 1.77 bits per heavy atom. The zero-order chi connectivity index (χ0) is 25.5. The summed E-state index contributed by atoms with van der Waals surface area (Å²) < 4.78 is 63.4. The quantitative estimate of drug-likeness (QED) is 0.391. The third kappa shape index (κ3) is 4.90. The van der Waals surface area contributed by atoms with Gasteiger partial charge in [0, 0.05) is 48.4 Å². The van der Waals surface area contributed by atoms with Gasteiger partial charge in [0.15, 0.2) is 11.6 Å². The van der Waals surface area contributed by atoms with E-state index in [1.54, 1.807) is 24.1 Å². The second-order valence-electron chi connectivity index (χ2n) is 8.32. The summed E-state index contributed by atoms with van der Waals surface area (Å²) in [5.41, 5.74) is 1.20. The van der Waals surface area contributed by atoms with Crippen molar-refractivity contribution in [2.75, 3.05) is 10.5 Å². The van der Waals surface area contributed by atoms with Crippen LogP contribution < -0.4 is 15.0 Å². The van der Waals surface area contributed by atoms with Crippen LogP contribution >= 0.6 is 0 Å². The van der Waals surface area contributed by atoms with Crippen LogP contribution in [0.3, 0.4) is 0 Å². The molecule has 8 nitrogen and oxygen atoms in total. The zero-order valence-corrected chi connectivity index (χ0v) is 20.4. The van der Waals surface area contributed by atoms with E-state index in [-0.39, 0.29) is 34.5 Å². The number of nitrogens with zero attached hydrogens (tertiary/aromatic N) is 3. The molecule has 0 bridgehead atoms. The largest absolute Gasteiger partial charge is 0.454 e. The average molecular weight is 503 g/mol. The van der Waals surface area contributed by atoms with Crippen molar-refractivity contribution >= 4 is 26.6 Å². The van der Waals surface area contributed by atoms with Crippen molar-refractivity contribution in [1.82, 2.24) is 14.3 Å². The number of fused-ring (bicyclic) bond motifs is 1. The van der Waals surface area contributed by atoms with Crippen molar-refractivity contribution in [3.8, 4) is 22.6 Å². The molecule has 0 spiro atoms. The second kappa shape index (κ2) is 9.14. The highest BCUT2D eigenvalue weighted by Crippen LogP contribution is 2.39. The fraction of sp³-hybridized carbons (Fsp3) is 0.250. The Morgan fingerprint density at radius 1 is 1.06 bits per heavy atom. The number of benzene rings is 2. The first-order valence-corrected chi connectivity index (χ1v) is 12.5. The molecule has 0 aliphatic carbocycles. The summed E-state index contributed by atoms with van der Waals surface area (Å²) in [6, 6.07) is 7.38. The van der Waals surface area contributed by atoms with Crippen molar-refractivity contribution in [2.24, 2.45) is 7.05 Å². The lowest BCUT2D eigenvalue weighted by Crippen LogP contribution is -2.16. The van der Waals surface area contributed by atoms with Crippen LogP contribution in [0.15, 0.2) is 53.6 Å². The lowest BCUT2D eigenvalue weighted by molar-refractivity contribution is 0.439. The molecule has 0 saturated heterocycles. The molecule has 0 aliphatic heterocycles. The van der Waals surface area contributed by atoms with Crippen molar-refractivity contribution in [2.45, 2.75) is 26.8 Å². The van der Waals surface area contributed by atoms with E-state index in [9.17, 15) is 22.0 Å². The molecule has 0 radical (unpaired) electrons. The fourth-order valence-electron chi connectivity index (χ4n) is 3.53. The molecule has 2 aromatic heterocycles. The first kappa shape index (κ1) is 24.4. The number of nitrogens with one attached hydrogen (secondary N) is 1. The van der Waals surface area contributed by atoms with E-state index < -0.39 is 21.7 Å². The summed E-state index contributed by atoms with van der Waals surface area (Å²) in [6.07, 6.45) is 3.21. The summed E-state index contributed by atoms with van der Waals surface area (Å²) in [6.45, 7) is 5.34. The van der Waals surface area contributed by atoms with Crippen LogP contribution in [-0.2, 0) is 17.1 Å². The minimum atomic E-state index is -3.59. The van der Waals surface area contributed by atoms with Crippen LogP contribution in [0, 0.1) is 11.6 Å². The predicted molar refractivity (Wildman–Crippen MR) is 130 cm³/mol. The van der Waals surface area contributed by atoms with Crippen molar-refractivity contribution < 1.29 is 21.9 Å². The fourth-order valence-corrected chi connectivity index (χ4v) is 4.16. The van der Waals surface area contributed by atoms with Gasteiger partial charge in [-0.3, -0.25) is 14.2 Å². The maximum absolute atomic E-state index is 14.4. The standard InChI is InChI=1S/C24H24F2N4O4S/c1-5-35(32,33)28-16-7-9-21(34-22-8-6-15(25)10-20(22)26)17(11-16)18-12-29(4)24(31)19-13-30(14(2)3)27-23(18)19/h6-14,28H,5H2,1-4H3. The van der Waals surface area contributed by atoms with Gasteiger partial charge in [0.1, 0.15) is 17.1 Å². The Labute approximate surface area is 200 Å². The number of hydrogen-bond donors (Lipinski definition) is 1. The molecule has 2 aromatic carbocycles. The Kier molecular flexibility index (Phi) is 6.37. The number of anilines is 1. The molecule has 0 fully saturated rings. The molecule has 0 aliphatic rings. The third-order valence-electron chi connectivity index (χ3n) is 5.43. The van der Waals surface area contributed by atoms with Gasteiger partial charge in [-0.1, -0.05) is 0 Å². The summed E-state index contributed by atoms with van der Waals surface area (Å²) in [5.74, 6) is -1.85. The first-order chi connectivity index (χ1) is 16.5. The zero-order valence-electron chi connectivity index (χ0n) is 19.5. The molecule has 0 atom stereocenters. The van der Waals surface area contributed by atoms with Gasteiger partial charge in [0.25, 0.3) is 5.56 Å². The molecule has 4 rings (SSSR count). The Bertz CT molecular complexity index is 1590. The minimum absolute atomic E-state index is 0.0216. The van der Waals surface area contributed by atoms with Gasteiger partial charge in [-0.2, -0.15) is 5.10 Å². The molecule has 184 valence electrons. The topological polar surface area (TPSA) is 95.2 Å². The van der Waals surface area contributed by atoms with Gasteiger partial charge in [0.2, 0.25) is 10.0 Å². The van der Waals surface area contributed by atoms with E-state index in [1.165, 1.54) is 29.7 Å². The van der Waals surface area contributed by atoms with Crippen molar-refractivity contribution in [3.05, 3.63) is 70.8 Å². The minimum Gasteiger partial charge on any atom is -0.454 e. The number of sulfonamides is 1. The summed E-state index contributed by atoms with van der Waals surface area (Å²) in [5, 5.41) is 4.93.